The molecule has 7 nitrogen and oxygen atoms in total. The number of hydrogen-bond donors (Lipinski definition) is 0. The van der Waals surface area contributed by atoms with Gasteiger partial charge in [-0.2, -0.15) is 0 Å². The molecule has 1 aromatic rings. The summed E-state index contributed by atoms with van der Waals surface area (Å²) in [6, 6.07) is -0.915. The van der Waals surface area contributed by atoms with Crippen molar-refractivity contribution in [3.8, 4) is 0 Å². The fourth-order valence-corrected chi connectivity index (χ4v) is 3.15. The summed E-state index contributed by atoms with van der Waals surface area (Å²) in [4.78, 5) is 32.6. The SMILES string of the molecule is C=C(C)CN1C(=O)C2C(=Nc3n(CCC)c(C)c[n+]32)N(C)C1=O. The maximum absolute atomic E-state index is 12.9. The van der Waals surface area contributed by atoms with Crippen LogP contribution < -0.4 is 4.57 Å². The van der Waals surface area contributed by atoms with Crippen LogP contribution in [0.3, 0.4) is 0 Å². The van der Waals surface area contributed by atoms with Gasteiger partial charge in [0, 0.05) is 7.05 Å². The van der Waals surface area contributed by atoms with Crippen LogP contribution in [0.5, 0.6) is 0 Å². The molecule has 3 amide bonds. The van der Waals surface area contributed by atoms with E-state index in [-0.39, 0.29) is 18.5 Å². The Kier molecular flexibility index (Phi) is 3.58. The number of carbonyl (C=O) groups excluding carboxylic acids is 2. The first-order chi connectivity index (χ1) is 10.9. The van der Waals surface area contributed by atoms with E-state index in [9.17, 15) is 9.59 Å². The second-order valence-electron chi connectivity index (χ2n) is 6.23. The van der Waals surface area contributed by atoms with E-state index in [2.05, 4.69) is 23.1 Å². The first kappa shape index (κ1) is 15.5. The highest BCUT2D eigenvalue weighted by atomic mass is 16.2. The van der Waals surface area contributed by atoms with Crippen molar-refractivity contribution in [3.05, 3.63) is 24.0 Å². The van der Waals surface area contributed by atoms with Crippen molar-refractivity contribution < 1.29 is 14.2 Å². The lowest BCUT2D eigenvalue weighted by molar-refractivity contribution is -0.677. The topological polar surface area (TPSA) is 61.8 Å². The lowest BCUT2D eigenvalue weighted by Gasteiger charge is -2.33. The molecule has 0 radical (unpaired) electrons. The van der Waals surface area contributed by atoms with E-state index in [4.69, 9.17) is 0 Å². The Morgan fingerprint density at radius 2 is 2.13 bits per heavy atom. The summed E-state index contributed by atoms with van der Waals surface area (Å²) in [6.07, 6.45) is 2.91. The number of imide groups is 1. The van der Waals surface area contributed by atoms with E-state index in [1.807, 2.05) is 17.7 Å². The van der Waals surface area contributed by atoms with Gasteiger partial charge >= 0.3 is 12.0 Å². The van der Waals surface area contributed by atoms with Crippen LogP contribution in [-0.2, 0) is 11.3 Å². The maximum Gasteiger partial charge on any atom is 0.401 e. The van der Waals surface area contributed by atoms with Crippen molar-refractivity contribution in [2.45, 2.75) is 39.8 Å². The lowest BCUT2D eigenvalue weighted by Crippen LogP contribution is -2.62. The Hall–Kier alpha value is -2.44. The number of likely N-dealkylation sites (N-methyl/N-ethyl adjacent to an activating group) is 1. The molecule has 0 bridgehead atoms. The molecule has 0 aromatic carbocycles. The summed E-state index contributed by atoms with van der Waals surface area (Å²) < 4.78 is 3.96. The van der Waals surface area contributed by atoms with Crippen LogP contribution in [0.15, 0.2) is 23.3 Å². The average molecular weight is 316 g/mol. The van der Waals surface area contributed by atoms with Crippen LogP contribution in [0, 0.1) is 6.92 Å². The number of aromatic nitrogens is 2. The molecule has 7 heteroatoms. The Morgan fingerprint density at radius 3 is 2.74 bits per heavy atom. The Bertz CT molecular complexity index is 746. The summed E-state index contributed by atoms with van der Waals surface area (Å²) in [5.74, 6) is 0.986. The molecule has 0 aliphatic carbocycles. The number of hydrogen-bond acceptors (Lipinski definition) is 3. The van der Waals surface area contributed by atoms with Crippen molar-refractivity contribution in [1.29, 1.82) is 0 Å². The number of nitrogens with zero attached hydrogens (tertiary/aromatic N) is 5. The molecular formula is C16H22N5O2+. The highest BCUT2D eigenvalue weighted by molar-refractivity contribution is 6.19. The number of carbonyl (C=O) groups is 2. The van der Waals surface area contributed by atoms with Gasteiger partial charge in [0.05, 0.1) is 13.1 Å². The summed E-state index contributed by atoms with van der Waals surface area (Å²) in [5.41, 5.74) is 1.83. The highest BCUT2D eigenvalue weighted by Gasteiger charge is 2.52. The predicted octanol–water partition coefficient (Wildman–Crippen LogP) is 1.55. The van der Waals surface area contributed by atoms with Gasteiger partial charge in [0.25, 0.3) is 5.91 Å². The van der Waals surface area contributed by atoms with Crippen molar-refractivity contribution in [3.63, 3.8) is 0 Å². The zero-order valence-electron chi connectivity index (χ0n) is 14.0. The van der Waals surface area contributed by atoms with Gasteiger partial charge in [0.2, 0.25) is 11.9 Å². The van der Waals surface area contributed by atoms with Gasteiger partial charge in [-0.3, -0.25) is 14.6 Å². The first-order valence-corrected chi connectivity index (χ1v) is 7.80. The molecule has 1 saturated heterocycles. The van der Waals surface area contributed by atoms with E-state index >= 15 is 0 Å². The number of amides is 3. The zero-order valence-corrected chi connectivity index (χ0v) is 14.0. The standard InChI is InChI=1S/C16H22N5O2/c1-6-7-19-11(4)9-20-12-13(17-15(19)20)18(5)16(23)21(14(12)22)8-10(2)3/h9,12H,2,6-8H2,1,3-5H3/q+1. The molecule has 1 atom stereocenters. The molecular weight excluding hydrogens is 294 g/mol. The van der Waals surface area contributed by atoms with Crippen LogP contribution >= 0.6 is 0 Å². The minimum Gasteiger partial charge on any atom is -0.270 e. The number of fused-ring (bicyclic) bond motifs is 3. The van der Waals surface area contributed by atoms with Gasteiger partial charge < -0.3 is 0 Å². The minimum absolute atomic E-state index is 0.232. The van der Waals surface area contributed by atoms with Crippen LogP contribution in [-0.4, -0.2) is 45.7 Å². The van der Waals surface area contributed by atoms with E-state index in [1.165, 1.54) is 9.80 Å². The smallest absolute Gasteiger partial charge is 0.270 e. The molecule has 1 aromatic heterocycles. The minimum atomic E-state index is -0.566. The third kappa shape index (κ3) is 2.18. The number of imidazole rings is 1. The van der Waals surface area contributed by atoms with Crippen molar-refractivity contribution in [1.82, 2.24) is 14.4 Å². The third-order valence-corrected chi connectivity index (χ3v) is 4.20. The Morgan fingerprint density at radius 1 is 1.43 bits per heavy atom. The van der Waals surface area contributed by atoms with Gasteiger partial charge in [0.1, 0.15) is 11.9 Å². The predicted molar refractivity (Wildman–Crippen MR) is 85.5 cm³/mol. The van der Waals surface area contributed by atoms with Crippen LogP contribution in [0.2, 0.25) is 0 Å². The van der Waals surface area contributed by atoms with Crippen molar-refractivity contribution in [2.75, 3.05) is 13.6 Å². The number of aryl methyl sites for hydroxylation is 1. The van der Waals surface area contributed by atoms with Crippen molar-refractivity contribution >= 4 is 23.7 Å². The van der Waals surface area contributed by atoms with E-state index in [1.54, 1.807) is 14.0 Å². The third-order valence-electron chi connectivity index (χ3n) is 4.20. The summed E-state index contributed by atoms with van der Waals surface area (Å²) in [7, 11) is 1.66. The molecule has 0 N–H and O–H groups in total. The fourth-order valence-electron chi connectivity index (χ4n) is 3.15. The van der Waals surface area contributed by atoms with Gasteiger partial charge in [-0.25, -0.2) is 13.9 Å². The van der Waals surface area contributed by atoms with Gasteiger partial charge in [-0.05, 0) is 20.3 Å². The van der Waals surface area contributed by atoms with E-state index < -0.39 is 6.04 Å². The number of rotatable bonds is 4. The first-order valence-electron chi connectivity index (χ1n) is 7.80. The Labute approximate surface area is 135 Å². The Balaban J connectivity index is 2.07. The zero-order chi connectivity index (χ0) is 16.9. The molecule has 3 rings (SSSR count). The number of aliphatic imine (C=N–C) groups is 1. The van der Waals surface area contributed by atoms with Crippen LogP contribution in [0.25, 0.3) is 0 Å². The monoisotopic (exact) mass is 316 g/mol. The molecule has 2 aliphatic heterocycles. The quantitative estimate of drug-likeness (QED) is 0.625. The lowest BCUT2D eigenvalue weighted by atomic mass is 10.1. The average Bonchev–Trinajstić information content (AvgIpc) is 2.98. The summed E-state index contributed by atoms with van der Waals surface area (Å²) >= 11 is 0. The van der Waals surface area contributed by atoms with Crippen LogP contribution in [0.4, 0.5) is 10.7 Å². The van der Waals surface area contributed by atoms with Gasteiger partial charge in [-0.15, -0.1) is 0 Å². The second kappa shape index (κ2) is 5.33. The normalized spacial score (nSPS) is 19.8. The molecule has 3 heterocycles. The molecule has 0 spiro atoms. The molecule has 2 aliphatic rings. The highest BCUT2D eigenvalue weighted by Crippen LogP contribution is 2.29. The molecule has 23 heavy (non-hydrogen) atoms. The summed E-state index contributed by atoms with van der Waals surface area (Å²) in [5, 5.41) is 0. The summed E-state index contributed by atoms with van der Waals surface area (Å²) in [6.45, 7) is 10.8. The number of urea groups is 1. The molecule has 122 valence electrons. The number of amidine groups is 1. The second-order valence-corrected chi connectivity index (χ2v) is 6.23. The van der Waals surface area contributed by atoms with E-state index in [0.29, 0.717) is 5.84 Å². The van der Waals surface area contributed by atoms with Gasteiger partial charge in [-0.1, -0.05) is 24.1 Å². The molecule has 0 saturated carbocycles. The van der Waals surface area contributed by atoms with Crippen LogP contribution in [0.1, 0.15) is 32.0 Å². The molecule has 1 unspecified atom stereocenters. The van der Waals surface area contributed by atoms with Crippen molar-refractivity contribution in [2.24, 2.45) is 4.99 Å². The fraction of sp³-hybridized carbons (Fsp3) is 0.500. The van der Waals surface area contributed by atoms with Gasteiger partial charge in [0.15, 0.2) is 0 Å². The molecule has 1 fully saturated rings. The largest absolute Gasteiger partial charge is 0.401 e. The maximum atomic E-state index is 12.9. The van der Waals surface area contributed by atoms with E-state index in [0.717, 1.165) is 30.2 Å².